The fourth-order valence-electron chi connectivity index (χ4n) is 4.19. The Morgan fingerprint density at radius 2 is 2.14 bits per heavy atom. The minimum absolute atomic E-state index is 0.233. The molecule has 2 aliphatic rings. The third-order valence-corrected chi connectivity index (χ3v) is 7.18. The van der Waals surface area contributed by atoms with Gasteiger partial charge in [0.05, 0.1) is 11.4 Å². The minimum atomic E-state index is -0.265. The van der Waals surface area contributed by atoms with Crippen LogP contribution in [0.15, 0.2) is 30.5 Å². The molecule has 3 heterocycles. The second kappa shape index (κ2) is 7.42. The van der Waals surface area contributed by atoms with Gasteiger partial charge in [-0.1, -0.05) is 6.42 Å². The van der Waals surface area contributed by atoms with Gasteiger partial charge in [-0.2, -0.15) is 0 Å². The van der Waals surface area contributed by atoms with E-state index in [1.165, 1.54) is 10.9 Å². The number of aromatic nitrogens is 4. The first kappa shape index (κ1) is 18.6. The summed E-state index contributed by atoms with van der Waals surface area (Å²) in [6.45, 7) is 0.596. The van der Waals surface area contributed by atoms with Crippen LogP contribution in [0.5, 0.6) is 0 Å². The Labute approximate surface area is 172 Å². The summed E-state index contributed by atoms with van der Waals surface area (Å²) in [6.07, 6.45) is 7.41. The average Bonchev–Trinajstić information content (AvgIpc) is 3.12. The lowest BCUT2D eigenvalue weighted by atomic mass is 9.66. The van der Waals surface area contributed by atoms with Crippen LogP contribution in [0.1, 0.15) is 41.9 Å². The van der Waals surface area contributed by atoms with Gasteiger partial charge in [-0.15, -0.1) is 21.5 Å². The fraction of sp³-hybridized carbons (Fsp3) is 0.429. The zero-order valence-electron chi connectivity index (χ0n) is 16.1. The average molecular weight is 411 g/mol. The zero-order chi connectivity index (χ0) is 19.8. The van der Waals surface area contributed by atoms with E-state index in [0.717, 1.165) is 54.9 Å². The van der Waals surface area contributed by atoms with Gasteiger partial charge in [-0.25, -0.2) is 9.37 Å². The summed E-state index contributed by atoms with van der Waals surface area (Å²) in [5, 5.41) is 12.9. The predicted molar refractivity (Wildman–Crippen MR) is 111 cm³/mol. The highest BCUT2D eigenvalue weighted by molar-refractivity contribution is 7.15. The maximum Gasteiger partial charge on any atom is 0.148 e. The van der Waals surface area contributed by atoms with E-state index in [2.05, 4.69) is 20.5 Å². The molecule has 2 aliphatic carbocycles. The predicted octanol–water partition coefficient (Wildman–Crippen LogP) is 3.48. The SMILES string of the molecule is NC1CCc2nc(-c3ccc(NCC4(c5ncccc5F)CCC4)nn3)sc2C1. The first-order valence-corrected chi connectivity index (χ1v) is 10.9. The van der Waals surface area contributed by atoms with Gasteiger partial charge in [0.15, 0.2) is 0 Å². The van der Waals surface area contributed by atoms with Crippen LogP contribution in [-0.2, 0) is 18.3 Å². The Hall–Kier alpha value is -2.45. The van der Waals surface area contributed by atoms with Crippen molar-refractivity contribution in [2.45, 2.75) is 50.0 Å². The number of hydrogen-bond donors (Lipinski definition) is 2. The minimum Gasteiger partial charge on any atom is -0.368 e. The van der Waals surface area contributed by atoms with E-state index in [9.17, 15) is 4.39 Å². The molecule has 0 aliphatic heterocycles. The molecular weight excluding hydrogens is 387 g/mol. The van der Waals surface area contributed by atoms with E-state index >= 15 is 0 Å². The van der Waals surface area contributed by atoms with Crippen molar-refractivity contribution in [3.05, 3.63) is 52.5 Å². The Morgan fingerprint density at radius 1 is 1.24 bits per heavy atom. The first-order valence-electron chi connectivity index (χ1n) is 10.1. The van der Waals surface area contributed by atoms with Gasteiger partial charge in [-0.05, 0) is 56.4 Å². The number of fused-ring (bicyclic) bond motifs is 1. The van der Waals surface area contributed by atoms with Crippen LogP contribution in [-0.4, -0.2) is 32.8 Å². The lowest BCUT2D eigenvalue weighted by molar-refractivity contribution is 0.243. The summed E-state index contributed by atoms with van der Waals surface area (Å²) in [4.78, 5) is 10.3. The van der Waals surface area contributed by atoms with E-state index < -0.39 is 0 Å². The molecule has 1 saturated carbocycles. The summed E-state index contributed by atoms with van der Waals surface area (Å²) in [6, 6.07) is 7.20. The monoisotopic (exact) mass is 410 g/mol. The third kappa shape index (κ3) is 3.51. The zero-order valence-corrected chi connectivity index (χ0v) is 16.9. The molecule has 0 saturated heterocycles. The quantitative estimate of drug-likeness (QED) is 0.669. The molecule has 0 bridgehead atoms. The number of aryl methyl sites for hydroxylation is 1. The summed E-state index contributed by atoms with van der Waals surface area (Å²) < 4.78 is 14.3. The number of anilines is 1. The smallest absolute Gasteiger partial charge is 0.148 e. The number of hydrogen-bond acceptors (Lipinski definition) is 7. The number of nitrogens with zero attached hydrogens (tertiary/aromatic N) is 4. The molecule has 1 atom stereocenters. The van der Waals surface area contributed by atoms with Crippen LogP contribution in [0.25, 0.3) is 10.7 Å². The van der Waals surface area contributed by atoms with E-state index in [4.69, 9.17) is 10.7 Å². The van der Waals surface area contributed by atoms with E-state index in [1.807, 2.05) is 12.1 Å². The maximum atomic E-state index is 14.3. The van der Waals surface area contributed by atoms with Crippen molar-refractivity contribution < 1.29 is 4.39 Å². The molecular formula is C21H23FN6S. The first-order chi connectivity index (χ1) is 14.1. The number of thiazole rings is 1. The molecule has 8 heteroatoms. The van der Waals surface area contributed by atoms with Crippen molar-refractivity contribution in [3.63, 3.8) is 0 Å². The van der Waals surface area contributed by atoms with Gasteiger partial charge in [0, 0.05) is 29.1 Å². The Kier molecular flexibility index (Phi) is 4.75. The summed E-state index contributed by atoms with van der Waals surface area (Å²) in [7, 11) is 0. The van der Waals surface area contributed by atoms with Crippen molar-refractivity contribution in [2.24, 2.45) is 5.73 Å². The van der Waals surface area contributed by atoms with Crippen LogP contribution in [0, 0.1) is 5.82 Å². The summed E-state index contributed by atoms with van der Waals surface area (Å²) in [5.41, 5.74) is 8.28. The Bertz CT molecular complexity index is 1010. The molecule has 29 heavy (non-hydrogen) atoms. The van der Waals surface area contributed by atoms with Gasteiger partial charge in [0.2, 0.25) is 0 Å². The molecule has 3 aromatic heterocycles. The van der Waals surface area contributed by atoms with Gasteiger partial charge in [0.1, 0.15) is 22.3 Å². The van der Waals surface area contributed by atoms with Gasteiger partial charge >= 0.3 is 0 Å². The second-order valence-corrected chi connectivity index (χ2v) is 9.10. The topological polar surface area (TPSA) is 89.6 Å². The Morgan fingerprint density at radius 3 is 2.86 bits per heavy atom. The molecule has 150 valence electrons. The van der Waals surface area contributed by atoms with Crippen LogP contribution in [0.2, 0.25) is 0 Å². The standard InChI is InChI=1S/C21H23FN6S/c22-14-3-1-10-24-19(14)21(8-2-9-21)12-25-18-7-6-16(27-28-18)20-26-15-5-4-13(23)11-17(15)29-20/h1,3,6-7,10,13H,2,4-5,8-9,11-12,23H2,(H,25,28). The molecule has 0 radical (unpaired) electrons. The van der Waals surface area contributed by atoms with Crippen LogP contribution in [0.3, 0.4) is 0 Å². The maximum absolute atomic E-state index is 14.3. The summed E-state index contributed by atoms with van der Waals surface area (Å²) >= 11 is 1.66. The van der Waals surface area contributed by atoms with E-state index in [0.29, 0.717) is 18.1 Å². The van der Waals surface area contributed by atoms with E-state index in [-0.39, 0.29) is 17.3 Å². The number of rotatable bonds is 5. The third-order valence-electron chi connectivity index (χ3n) is 6.04. The molecule has 0 aromatic carbocycles. The van der Waals surface area contributed by atoms with E-state index in [1.54, 1.807) is 23.6 Å². The number of pyridine rings is 1. The normalized spacial score (nSPS) is 20.0. The van der Waals surface area contributed by atoms with Crippen molar-refractivity contribution in [2.75, 3.05) is 11.9 Å². The molecule has 0 spiro atoms. The fourth-order valence-corrected chi connectivity index (χ4v) is 5.35. The van der Waals surface area contributed by atoms with Crippen molar-refractivity contribution in [1.82, 2.24) is 20.2 Å². The number of nitrogens with two attached hydrogens (primary N) is 1. The lowest BCUT2D eigenvalue weighted by Crippen LogP contribution is -2.42. The van der Waals surface area contributed by atoms with Gasteiger partial charge in [-0.3, -0.25) is 4.98 Å². The van der Waals surface area contributed by atoms with Crippen LogP contribution < -0.4 is 11.1 Å². The second-order valence-electron chi connectivity index (χ2n) is 8.02. The summed E-state index contributed by atoms with van der Waals surface area (Å²) in [5.74, 6) is 0.447. The molecule has 5 rings (SSSR count). The molecule has 3 aromatic rings. The Balaban J connectivity index is 1.29. The highest BCUT2D eigenvalue weighted by atomic mass is 32.1. The lowest BCUT2D eigenvalue weighted by Gasteiger charge is -2.41. The highest BCUT2D eigenvalue weighted by Gasteiger charge is 2.41. The van der Waals surface area contributed by atoms with Crippen molar-refractivity contribution in [3.8, 4) is 10.7 Å². The largest absolute Gasteiger partial charge is 0.368 e. The molecule has 3 N–H and O–H groups in total. The van der Waals surface area contributed by atoms with Crippen LogP contribution in [0.4, 0.5) is 10.2 Å². The number of nitrogens with one attached hydrogen (secondary N) is 1. The highest BCUT2D eigenvalue weighted by Crippen LogP contribution is 2.43. The molecule has 6 nitrogen and oxygen atoms in total. The molecule has 1 unspecified atom stereocenters. The molecule has 0 amide bonds. The van der Waals surface area contributed by atoms with Crippen molar-refractivity contribution >= 4 is 17.2 Å². The van der Waals surface area contributed by atoms with Crippen molar-refractivity contribution in [1.29, 1.82) is 0 Å². The number of halogens is 1. The molecule has 1 fully saturated rings. The van der Waals surface area contributed by atoms with Gasteiger partial charge in [0.25, 0.3) is 0 Å². The van der Waals surface area contributed by atoms with Gasteiger partial charge < -0.3 is 11.1 Å². The van der Waals surface area contributed by atoms with Crippen LogP contribution >= 0.6 is 11.3 Å².